The number of rotatable bonds is 5. The average Bonchev–Trinajstić information content (AvgIpc) is 3.01. The fourth-order valence-electron chi connectivity index (χ4n) is 4.01. The van der Waals surface area contributed by atoms with Crippen LogP contribution in [0.1, 0.15) is 48.0 Å². The predicted octanol–water partition coefficient (Wildman–Crippen LogP) is 2.26. The van der Waals surface area contributed by atoms with Crippen LogP contribution in [0.5, 0.6) is 0 Å². The summed E-state index contributed by atoms with van der Waals surface area (Å²) >= 11 is 0. The highest BCUT2D eigenvalue weighted by molar-refractivity contribution is 5.99. The van der Waals surface area contributed by atoms with Crippen molar-refractivity contribution >= 4 is 11.8 Å². The lowest BCUT2D eigenvalue weighted by Crippen LogP contribution is -2.56. The van der Waals surface area contributed by atoms with Gasteiger partial charge in [0.05, 0.1) is 13.2 Å². The molecule has 1 aromatic carbocycles. The first-order chi connectivity index (χ1) is 12.6. The van der Waals surface area contributed by atoms with Gasteiger partial charge in [-0.1, -0.05) is 24.6 Å². The zero-order chi connectivity index (χ0) is 18.6. The third-order valence-corrected chi connectivity index (χ3v) is 5.40. The van der Waals surface area contributed by atoms with Crippen LogP contribution < -0.4 is 5.32 Å². The van der Waals surface area contributed by atoms with Crippen LogP contribution in [0.3, 0.4) is 0 Å². The minimum absolute atomic E-state index is 0.116. The normalized spacial score (nSPS) is 21.8. The van der Waals surface area contributed by atoms with Gasteiger partial charge >= 0.3 is 0 Å². The number of hydrogen-bond donors (Lipinski definition) is 1. The Morgan fingerprint density at radius 1 is 1.27 bits per heavy atom. The van der Waals surface area contributed by atoms with Gasteiger partial charge in [-0.25, -0.2) is 0 Å². The molecular formula is C20H28N2O4. The van der Waals surface area contributed by atoms with Crippen LogP contribution in [0.2, 0.25) is 0 Å². The van der Waals surface area contributed by atoms with E-state index in [9.17, 15) is 9.59 Å². The molecule has 2 amide bonds. The average molecular weight is 360 g/mol. The number of carbonyl (C=O) groups excluding carboxylic acids is 2. The number of nitrogens with one attached hydrogen (secondary N) is 1. The molecule has 26 heavy (non-hydrogen) atoms. The standard InChI is InChI=1S/C20H28N2O4/c1-15-8-4-5-9-16(15)19(24)22-17(18(23)21-12-13-25-2)14-26-20(22)10-6-3-7-11-20/h4-5,8-9,17H,3,6-7,10-14H2,1-2H3,(H,21,23)/t17-/m1/s1. The molecule has 6 nitrogen and oxygen atoms in total. The van der Waals surface area contributed by atoms with Crippen molar-refractivity contribution in [1.82, 2.24) is 10.2 Å². The monoisotopic (exact) mass is 360 g/mol. The largest absolute Gasteiger partial charge is 0.383 e. The quantitative estimate of drug-likeness (QED) is 0.818. The lowest BCUT2D eigenvalue weighted by molar-refractivity contribution is -0.127. The molecule has 1 aromatic rings. The van der Waals surface area contributed by atoms with E-state index < -0.39 is 11.8 Å². The number of aryl methyl sites for hydroxylation is 1. The van der Waals surface area contributed by atoms with E-state index in [4.69, 9.17) is 9.47 Å². The predicted molar refractivity (Wildman–Crippen MR) is 97.8 cm³/mol. The maximum absolute atomic E-state index is 13.4. The number of benzene rings is 1. The molecule has 6 heteroatoms. The fraction of sp³-hybridized carbons (Fsp3) is 0.600. The minimum atomic E-state index is -0.652. The zero-order valence-electron chi connectivity index (χ0n) is 15.6. The highest BCUT2D eigenvalue weighted by Gasteiger charge is 2.53. The van der Waals surface area contributed by atoms with Crippen molar-refractivity contribution in [3.05, 3.63) is 35.4 Å². The Kier molecular flexibility index (Phi) is 5.94. The molecule has 3 rings (SSSR count). The van der Waals surface area contributed by atoms with E-state index in [1.807, 2.05) is 31.2 Å². The van der Waals surface area contributed by atoms with E-state index in [1.54, 1.807) is 12.0 Å². The van der Waals surface area contributed by atoms with E-state index in [1.165, 1.54) is 0 Å². The lowest BCUT2D eigenvalue weighted by Gasteiger charge is -2.41. The van der Waals surface area contributed by atoms with Gasteiger partial charge in [-0.05, 0) is 44.2 Å². The van der Waals surface area contributed by atoms with Crippen molar-refractivity contribution in [1.29, 1.82) is 0 Å². The van der Waals surface area contributed by atoms with E-state index in [2.05, 4.69) is 5.32 Å². The molecule has 0 aromatic heterocycles. The molecule has 1 atom stereocenters. The molecule has 2 fully saturated rings. The third kappa shape index (κ3) is 3.62. The van der Waals surface area contributed by atoms with Crippen LogP contribution in [0.25, 0.3) is 0 Å². The van der Waals surface area contributed by atoms with Crippen molar-refractivity contribution in [2.75, 3.05) is 26.9 Å². The molecule has 1 saturated heterocycles. The number of nitrogens with zero attached hydrogens (tertiary/aromatic N) is 1. The molecule has 1 saturated carbocycles. The van der Waals surface area contributed by atoms with Crippen LogP contribution in [0, 0.1) is 6.92 Å². The van der Waals surface area contributed by atoms with Gasteiger partial charge in [-0.2, -0.15) is 0 Å². The molecule has 0 bridgehead atoms. The van der Waals surface area contributed by atoms with Crippen molar-refractivity contribution in [3.8, 4) is 0 Å². The van der Waals surface area contributed by atoms with Crippen LogP contribution in [0.15, 0.2) is 24.3 Å². The van der Waals surface area contributed by atoms with E-state index in [0.717, 1.165) is 37.7 Å². The molecular weight excluding hydrogens is 332 g/mol. The van der Waals surface area contributed by atoms with Crippen LogP contribution >= 0.6 is 0 Å². The van der Waals surface area contributed by atoms with Gasteiger partial charge in [0.1, 0.15) is 11.8 Å². The Bertz CT molecular complexity index is 655. The number of hydrogen-bond acceptors (Lipinski definition) is 4. The Hall–Kier alpha value is -1.92. The van der Waals surface area contributed by atoms with E-state index in [-0.39, 0.29) is 18.4 Å². The first kappa shape index (κ1) is 18.9. The summed E-state index contributed by atoms with van der Waals surface area (Å²) in [6.45, 7) is 3.03. The molecule has 1 N–H and O–H groups in total. The fourth-order valence-corrected chi connectivity index (χ4v) is 4.01. The van der Waals surface area contributed by atoms with Crippen molar-refractivity contribution in [2.24, 2.45) is 0 Å². The number of methoxy groups -OCH3 is 1. The molecule has 1 aliphatic heterocycles. The summed E-state index contributed by atoms with van der Waals surface area (Å²) in [5.74, 6) is -0.291. The minimum Gasteiger partial charge on any atom is -0.383 e. The number of ether oxygens (including phenoxy) is 2. The molecule has 142 valence electrons. The lowest BCUT2D eigenvalue weighted by atomic mass is 9.89. The topological polar surface area (TPSA) is 67.9 Å². The maximum atomic E-state index is 13.4. The first-order valence-electron chi connectivity index (χ1n) is 9.39. The second-order valence-corrected chi connectivity index (χ2v) is 7.11. The molecule has 0 unspecified atom stereocenters. The van der Waals surface area contributed by atoms with Gasteiger partial charge in [-0.15, -0.1) is 0 Å². The second-order valence-electron chi connectivity index (χ2n) is 7.11. The summed E-state index contributed by atoms with van der Waals surface area (Å²) in [5, 5.41) is 2.86. The summed E-state index contributed by atoms with van der Waals surface area (Å²) in [6, 6.07) is 6.92. The zero-order valence-corrected chi connectivity index (χ0v) is 15.6. The van der Waals surface area contributed by atoms with Gasteiger partial charge < -0.3 is 14.8 Å². The smallest absolute Gasteiger partial charge is 0.257 e. The van der Waals surface area contributed by atoms with Gasteiger partial charge in [0, 0.05) is 19.2 Å². The SMILES string of the molecule is COCCNC(=O)[C@H]1COC2(CCCCC2)N1C(=O)c1ccccc1C. The van der Waals surface area contributed by atoms with Gasteiger partial charge in [0.2, 0.25) is 5.91 Å². The molecule has 1 heterocycles. The Labute approximate surface area is 154 Å². The number of amides is 2. The summed E-state index contributed by atoms with van der Waals surface area (Å²) in [7, 11) is 1.59. The van der Waals surface area contributed by atoms with Crippen molar-refractivity contribution in [3.63, 3.8) is 0 Å². The molecule has 1 aliphatic carbocycles. The number of carbonyl (C=O) groups is 2. The van der Waals surface area contributed by atoms with Crippen LogP contribution in [0.4, 0.5) is 0 Å². The van der Waals surface area contributed by atoms with Crippen molar-refractivity contribution in [2.45, 2.75) is 50.8 Å². The van der Waals surface area contributed by atoms with Crippen LogP contribution in [-0.4, -0.2) is 55.3 Å². The van der Waals surface area contributed by atoms with Crippen LogP contribution in [-0.2, 0) is 14.3 Å². The molecule has 2 aliphatic rings. The highest BCUT2D eigenvalue weighted by Crippen LogP contribution is 2.41. The summed E-state index contributed by atoms with van der Waals surface area (Å²) in [6.07, 6.45) is 4.73. The summed E-state index contributed by atoms with van der Waals surface area (Å²) in [5.41, 5.74) is 0.896. The summed E-state index contributed by atoms with van der Waals surface area (Å²) < 4.78 is 11.1. The Morgan fingerprint density at radius 3 is 2.69 bits per heavy atom. The van der Waals surface area contributed by atoms with Gasteiger partial charge in [0.25, 0.3) is 5.91 Å². The van der Waals surface area contributed by atoms with Gasteiger partial charge in [0.15, 0.2) is 0 Å². The molecule has 0 radical (unpaired) electrons. The first-order valence-corrected chi connectivity index (χ1v) is 9.39. The van der Waals surface area contributed by atoms with Crippen molar-refractivity contribution < 1.29 is 19.1 Å². The maximum Gasteiger partial charge on any atom is 0.257 e. The van der Waals surface area contributed by atoms with Gasteiger partial charge in [-0.3, -0.25) is 14.5 Å². The Balaban J connectivity index is 1.88. The second kappa shape index (κ2) is 8.18. The molecule has 1 spiro atoms. The Morgan fingerprint density at radius 2 is 2.00 bits per heavy atom. The van der Waals surface area contributed by atoms with E-state index >= 15 is 0 Å². The third-order valence-electron chi connectivity index (χ3n) is 5.40. The summed E-state index contributed by atoms with van der Waals surface area (Å²) in [4.78, 5) is 27.9. The highest BCUT2D eigenvalue weighted by atomic mass is 16.5. The van der Waals surface area contributed by atoms with E-state index in [0.29, 0.717) is 18.7 Å².